The van der Waals surface area contributed by atoms with Gasteiger partial charge < -0.3 is 15.5 Å². The predicted molar refractivity (Wildman–Crippen MR) is 93.6 cm³/mol. The van der Waals surface area contributed by atoms with E-state index in [4.69, 9.17) is 0 Å². The second-order valence-corrected chi connectivity index (χ2v) is 5.96. The van der Waals surface area contributed by atoms with Crippen molar-refractivity contribution in [2.24, 2.45) is 0 Å². The number of carbonyl (C=O) groups is 2. The summed E-state index contributed by atoms with van der Waals surface area (Å²) in [6.45, 7) is 3.00. The molecule has 0 aliphatic carbocycles. The predicted octanol–water partition coefficient (Wildman–Crippen LogP) is 2.78. The Morgan fingerprint density at radius 1 is 1.00 bits per heavy atom. The number of carbonyl (C=O) groups excluding carboxylic acids is 2. The van der Waals surface area contributed by atoms with E-state index in [-0.39, 0.29) is 11.9 Å². The Labute approximate surface area is 141 Å². The second-order valence-electron chi connectivity index (χ2n) is 5.96. The second kappa shape index (κ2) is 7.17. The molecule has 2 aromatic rings. The van der Waals surface area contributed by atoms with Gasteiger partial charge in [0, 0.05) is 18.8 Å². The average molecular weight is 323 g/mol. The fraction of sp³-hybridized carbons (Fsp3) is 0.263. The number of urea groups is 1. The van der Waals surface area contributed by atoms with E-state index >= 15 is 0 Å². The summed E-state index contributed by atoms with van der Waals surface area (Å²) in [5, 5.41) is 5.43. The topological polar surface area (TPSA) is 61.4 Å². The van der Waals surface area contributed by atoms with Crippen LogP contribution in [0.5, 0.6) is 0 Å². The molecule has 1 heterocycles. The van der Waals surface area contributed by atoms with Crippen LogP contribution >= 0.6 is 0 Å². The van der Waals surface area contributed by atoms with Gasteiger partial charge in [-0.15, -0.1) is 0 Å². The maximum atomic E-state index is 12.6. The summed E-state index contributed by atoms with van der Waals surface area (Å²) in [5.41, 5.74) is 3.17. The van der Waals surface area contributed by atoms with Gasteiger partial charge in [0.25, 0.3) is 0 Å². The lowest BCUT2D eigenvalue weighted by molar-refractivity contribution is -0.133. The SMILES string of the molecule is C[C@H](NC(=O)Nc1ccccc1)C(=O)N1CCc2ccccc2C1. The number of amides is 3. The molecule has 124 valence electrons. The van der Waals surface area contributed by atoms with E-state index in [1.54, 1.807) is 24.0 Å². The third kappa shape index (κ3) is 3.74. The van der Waals surface area contributed by atoms with Crippen molar-refractivity contribution in [1.82, 2.24) is 10.2 Å². The van der Waals surface area contributed by atoms with E-state index in [1.165, 1.54) is 11.1 Å². The van der Waals surface area contributed by atoms with Gasteiger partial charge in [-0.2, -0.15) is 0 Å². The number of nitrogens with zero attached hydrogens (tertiary/aromatic N) is 1. The number of nitrogens with one attached hydrogen (secondary N) is 2. The van der Waals surface area contributed by atoms with Crippen LogP contribution in [0.4, 0.5) is 10.5 Å². The van der Waals surface area contributed by atoms with Crippen LogP contribution < -0.4 is 10.6 Å². The molecule has 0 bridgehead atoms. The molecule has 2 aromatic carbocycles. The smallest absolute Gasteiger partial charge is 0.319 e. The van der Waals surface area contributed by atoms with Gasteiger partial charge in [-0.25, -0.2) is 4.79 Å². The number of benzene rings is 2. The molecular weight excluding hydrogens is 302 g/mol. The summed E-state index contributed by atoms with van der Waals surface area (Å²) in [6.07, 6.45) is 0.852. The fourth-order valence-corrected chi connectivity index (χ4v) is 2.90. The molecule has 5 nitrogen and oxygen atoms in total. The number of anilines is 1. The Morgan fingerprint density at radius 2 is 1.67 bits per heavy atom. The molecule has 0 saturated carbocycles. The van der Waals surface area contributed by atoms with Crippen LogP contribution in [0.2, 0.25) is 0 Å². The molecule has 0 aromatic heterocycles. The summed E-state index contributed by atoms with van der Waals surface area (Å²) in [6, 6.07) is 16.4. The monoisotopic (exact) mass is 323 g/mol. The molecule has 2 N–H and O–H groups in total. The van der Waals surface area contributed by atoms with Gasteiger partial charge >= 0.3 is 6.03 Å². The number of para-hydroxylation sites is 1. The minimum absolute atomic E-state index is 0.0623. The number of fused-ring (bicyclic) bond motifs is 1. The molecule has 1 atom stereocenters. The molecule has 0 saturated heterocycles. The van der Waals surface area contributed by atoms with E-state index in [9.17, 15) is 9.59 Å². The van der Waals surface area contributed by atoms with Crippen LogP contribution in [-0.2, 0) is 17.8 Å². The maximum absolute atomic E-state index is 12.6. The highest BCUT2D eigenvalue weighted by Gasteiger charge is 2.25. The summed E-state index contributed by atoms with van der Waals surface area (Å²) in [5.74, 6) is -0.0623. The van der Waals surface area contributed by atoms with Crippen molar-refractivity contribution in [2.75, 3.05) is 11.9 Å². The molecule has 1 aliphatic heterocycles. The number of rotatable bonds is 3. The first-order valence-corrected chi connectivity index (χ1v) is 8.11. The van der Waals surface area contributed by atoms with Crippen molar-refractivity contribution in [3.8, 4) is 0 Å². The minimum atomic E-state index is -0.570. The van der Waals surface area contributed by atoms with Gasteiger partial charge in [0.1, 0.15) is 6.04 Å². The van der Waals surface area contributed by atoms with Crippen LogP contribution in [0.25, 0.3) is 0 Å². The van der Waals surface area contributed by atoms with E-state index < -0.39 is 6.04 Å². The lowest BCUT2D eigenvalue weighted by atomic mass is 9.99. The molecule has 3 rings (SSSR count). The highest BCUT2D eigenvalue weighted by Crippen LogP contribution is 2.19. The molecule has 0 fully saturated rings. The van der Waals surface area contributed by atoms with Crippen molar-refractivity contribution in [1.29, 1.82) is 0 Å². The zero-order valence-corrected chi connectivity index (χ0v) is 13.7. The first-order valence-electron chi connectivity index (χ1n) is 8.11. The molecule has 0 unspecified atom stereocenters. The highest BCUT2D eigenvalue weighted by atomic mass is 16.2. The Hall–Kier alpha value is -2.82. The molecule has 1 aliphatic rings. The molecule has 0 radical (unpaired) electrons. The summed E-state index contributed by atoms with van der Waals surface area (Å²) in [7, 11) is 0. The third-order valence-corrected chi connectivity index (χ3v) is 4.19. The van der Waals surface area contributed by atoms with E-state index in [1.807, 2.05) is 30.3 Å². The van der Waals surface area contributed by atoms with Crippen molar-refractivity contribution in [3.05, 3.63) is 65.7 Å². The van der Waals surface area contributed by atoms with Crippen LogP contribution in [0.15, 0.2) is 54.6 Å². The van der Waals surface area contributed by atoms with Gasteiger partial charge in [-0.05, 0) is 36.6 Å². The Kier molecular flexibility index (Phi) is 4.79. The standard InChI is InChI=1S/C19H21N3O2/c1-14(20-19(24)21-17-9-3-2-4-10-17)18(23)22-12-11-15-7-5-6-8-16(15)13-22/h2-10,14H,11-13H2,1H3,(H2,20,21,24)/t14-/m0/s1. The quantitative estimate of drug-likeness (QED) is 0.912. The van der Waals surface area contributed by atoms with Crippen molar-refractivity contribution < 1.29 is 9.59 Å². The number of hydrogen-bond acceptors (Lipinski definition) is 2. The molecule has 5 heteroatoms. The largest absolute Gasteiger partial charge is 0.336 e. The van der Waals surface area contributed by atoms with Crippen molar-refractivity contribution in [2.45, 2.75) is 25.9 Å². The van der Waals surface area contributed by atoms with E-state index in [0.29, 0.717) is 18.8 Å². The van der Waals surface area contributed by atoms with Crippen LogP contribution in [0, 0.1) is 0 Å². The lowest BCUT2D eigenvalue weighted by Crippen LogP contribution is -2.49. The van der Waals surface area contributed by atoms with Gasteiger partial charge in [0.15, 0.2) is 0 Å². The van der Waals surface area contributed by atoms with Crippen LogP contribution in [-0.4, -0.2) is 29.4 Å². The number of hydrogen-bond donors (Lipinski definition) is 2. The summed E-state index contributed by atoms with van der Waals surface area (Å²) < 4.78 is 0. The van der Waals surface area contributed by atoms with Gasteiger partial charge in [-0.3, -0.25) is 4.79 Å². The Balaban J connectivity index is 1.56. The molecular formula is C19H21N3O2. The van der Waals surface area contributed by atoms with E-state index in [0.717, 1.165) is 6.42 Å². The minimum Gasteiger partial charge on any atom is -0.336 e. The van der Waals surface area contributed by atoms with Gasteiger partial charge in [0.05, 0.1) is 0 Å². The van der Waals surface area contributed by atoms with Crippen molar-refractivity contribution in [3.63, 3.8) is 0 Å². The summed E-state index contributed by atoms with van der Waals surface area (Å²) in [4.78, 5) is 26.4. The van der Waals surface area contributed by atoms with E-state index in [2.05, 4.69) is 22.8 Å². The van der Waals surface area contributed by atoms with Crippen LogP contribution in [0.3, 0.4) is 0 Å². The normalized spacial score (nSPS) is 14.5. The first kappa shape index (κ1) is 16.1. The molecule has 24 heavy (non-hydrogen) atoms. The van der Waals surface area contributed by atoms with Gasteiger partial charge in [-0.1, -0.05) is 42.5 Å². The maximum Gasteiger partial charge on any atom is 0.319 e. The third-order valence-electron chi connectivity index (χ3n) is 4.19. The highest BCUT2D eigenvalue weighted by molar-refractivity contribution is 5.93. The Morgan fingerprint density at radius 3 is 2.42 bits per heavy atom. The Bertz CT molecular complexity index is 730. The summed E-state index contributed by atoms with van der Waals surface area (Å²) >= 11 is 0. The zero-order chi connectivity index (χ0) is 16.9. The molecule has 0 spiro atoms. The zero-order valence-electron chi connectivity index (χ0n) is 13.7. The average Bonchev–Trinajstić information content (AvgIpc) is 2.61. The first-order chi connectivity index (χ1) is 11.6. The van der Waals surface area contributed by atoms with Gasteiger partial charge in [0.2, 0.25) is 5.91 Å². The van der Waals surface area contributed by atoms with Crippen LogP contribution in [0.1, 0.15) is 18.1 Å². The fourth-order valence-electron chi connectivity index (χ4n) is 2.90. The molecule has 3 amide bonds. The van der Waals surface area contributed by atoms with Crippen molar-refractivity contribution >= 4 is 17.6 Å². The lowest BCUT2D eigenvalue weighted by Gasteiger charge is -2.31.